The predicted molar refractivity (Wildman–Crippen MR) is 181 cm³/mol. The van der Waals surface area contributed by atoms with Gasteiger partial charge in [-0.3, -0.25) is 0 Å². The van der Waals surface area contributed by atoms with E-state index in [9.17, 15) is 9.59 Å². The average Bonchev–Trinajstić information content (AvgIpc) is 3.03. The molecule has 0 aliphatic heterocycles. The number of esters is 1. The third kappa shape index (κ3) is 16.3. The molecule has 0 saturated carbocycles. The van der Waals surface area contributed by atoms with E-state index in [4.69, 9.17) is 27.5 Å². The maximum Gasteiger partial charge on any atom is 0.500 e. The molecule has 0 aliphatic rings. The molecule has 0 heterocycles. The Morgan fingerprint density at radius 1 is 0.711 bits per heavy atom. The van der Waals surface area contributed by atoms with Crippen molar-refractivity contribution in [3.8, 4) is 5.75 Å². The molecular weight excluding hydrogens is 590 g/mol. The zero-order valence-corrected chi connectivity index (χ0v) is 28.9. The standard InChI is InChI=1S/C35H55NO8Si/c1-5-9-10-13-24-39-33-21-20-31-28-30(17-19-32(31)29-33)18-22-34(37)40-25-14-11-12-15-26-41-35(38)36-23-16-27-45(42-6-2,43-7-3)44-8-4/h17-22,28-29H,5-16,23-27H2,1-4H3,(H,36,38)/b22-18+. The molecule has 0 radical (unpaired) electrons. The van der Waals surface area contributed by atoms with E-state index < -0.39 is 14.9 Å². The van der Waals surface area contributed by atoms with Crippen molar-refractivity contribution in [2.45, 2.75) is 91.5 Å². The van der Waals surface area contributed by atoms with Gasteiger partial charge in [-0.2, -0.15) is 0 Å². The molecule has 0 atom stereocenters. The molecule has 0 aromatic heterocycles. The number of alkyl carbamates (subject to hydrolysis) is 1. The highest BCUT2D eigenvalue weighted by Gasteiger charge is 2.39. The number of hydrogen-bond acceptors (Lipinski definition) is 8. The van der Waals surface area contributed by atoms with Crippen LogP contribution in [-0.2, 0) is 27.5 Å². The maximum absolute atomic E-state index is 12.2. The molecule has 2 aromatic rings. The first-order valence-electron chi connectivity index (χ1n) is 16.8. The Morgan fingerprint density at radius 3 is 2.02 bits per heavy atom. The lowest BCUT2D eigenvalue weighted by atomic mass is 10.1. The normalized spacial score (nSPS) is 11.6. The van der Waals surface area contributed by atoms with E-state index in [-0.39, 0.29) is 5.97 Å². The molecule has 1 N–H and O–H groups in total. The van der Waals surface area contributed by atoms with Crippen LogP contribution in [0.2, 0.25) is 6.04 Å². The molecular formula is C35H55NO8Si. The average molecular weight is 646 g/mol. The first-order chi connectivity index (χ1) is 21.9. The molecule has 9 nitrogen and oxygen atoms in total. The number of carbonyl (C=O) groups excluding carboxylic acids is 2. The van der Waals surface area contributed by atoms with E-state index in [0.717, 1.165) is 60.8 Å². The Kier molecular flexibility index (Phi) is 19.9. The van der Waals surface area contributed by atoms with Gasteiger partial charge in [0.05, 0.1) is 19.8 Å². The SMILES string of the molecule is CCCCCCOc1ccc2cc(/C=C/C(=O)OCCCCCCOC(=O)NCCC[Si](OCC)(OCC)OCC)ccc2c1. The Balaban J connectivity index is 1.54. The Labute approximate surface area is 271 Å². The smallest absolute Gasteiger partial charge is 0.494 e. The number of nitrogens with one attached hydrogen (secondary N) is 1. The van der Waals surface area contributed by atoms with E-state index >= 15 is 0 Å². The molecule has 0 saturated heterocycles. The Morgan fingerprint density at radius 2 is 1.33 bits per heavy atom. The van der Waals surface area contributed by atoms with Crippen LogP contribution >= 0.6 is 0 Å². The lowest BCUT2D eigenvalue weighted by molar-refractivity contribution is -0.137. The first-order valence-corrected chi connectivity index (χ1v) is 18.7. The summed E-state index contributed by atoms with van der Waals surface area (Å²) in [5.74, 6) is 0.531. The van der Waals surface area contributed by atoms with Gasteiger partial charge in [0, 0.05) is 38.5 Å². The maximum atomic E-state index is 12.2. The van der Waals surface area contributed by atoms with Gasteiger partial charge < -0.3 is 32.8 Å². The molecule has 0 spiro atoms. The van der Waals surface area contributed by atoms with Crippen LogP contribution in [0.5, 0.6) is 5.75 Å². The number of fused-ring (bicyclic) bond motifs is 1. The second-order valence-corrected chi connectivity index (χ2v) is 13.5. The van der Waals surface area contributed by atoms with Crippen LogP contribution in [0.25, 0.3) is 16.8 Å². The molecule has 2 rings (SSSR count). The minimum Gasteiger partial charge on any atom is -0.494 e. The van der Waals surface area contributed by atoms with Crippen molar-refractivity contribution < 1.29 is 37.1 Å². The minimum atomic E-state index is -2.69. The molecule has 10 heteroatoms. The van der Waals surface area contributed by atoms with Crippen molar-refractivity contribution in [1.82, 2.24) is 5.32 Å². The topological polar surface area (TPSA) is 102 Å². The zero-order chi connectivity index (χ0) is 32.6. The van der Waals surface area contributed by atoms with E-state index in [1.807, 2.05) is 51.1 Å². The van der Waals surface area contributed by atoms with Crippen LogP contribution in [-0.4, -0.2) is 67.1 Å². The molecule has 252 valence electrons. The first kappa shape index (κ1) is 38.3. The molecule has 0 unspecified atom stereocenters. The Hall–Kier alpha value is -2.92. The van der Waals surface area contributed by atoms with Gasteiger partial charge in [-0.15, -0.1) is 0 Å². The van der Waals surface area contributed by atoms with Crippen molar-refractivity contribution in [1.29, 1.82) is 0 Å². The fourth-order valence-corrected chi connectivity index (χ4v) is 7.42. The number of unbranched alkanes of at least 4 members (excludes halogenated alkanes) is 6. The van der Waals surface area contributed by atoms with Gasteiger partial charge in [0.25, 0.3) is 0 Å². The molecule has 0 bridgehead atoms. The lowest BCUT2D eigenvalue weighted by Gasteiger charge is -2.28. The van der Waals surface area contributed by atoms with E-state index in [1.165, 1.54) is 25.3 Å². The largest absolute Gasteiger partial charge is 0.500 e. The number of hydrogen-bond donors (Lipinski definition) is 1. The third-order valence-corrected chi connectivity index (χ3v) is 10.2. The lowest BCUT2D eigenvalue weighted by Crippen LogP contribution is -2.46. The van der Waals surface area contributed by atoms with Crippen LogP contribution < -0.4 is 10.1 Å². The quantitative estimate of drug-likeness (QED) is 0.0501. The summed E-state index contributed by atoms with van der Waals surface area (Å²) in [6.45, 7) is 11.5. The number of rotatable bonds is 25. The number of benzene rings is 2. The summed E-state index contributed by atoms with van der Waals surface area (Å²) < 4.78 is 34.0. The molecule has 0 fully saturated rings. The highest BCUT2D eigenvalue weighted by atomic mass is 28.4. The van der Waals surface area contributed by atoms with Gasteiger partial charge >= 0.3 is 20.9 Å². The second-order valence-electron chi connectivity index (χ2n) is 10.7. The van der Waals surface area contributed by atoms with E-state index in [0.29, 0.717) is 52.0 Å². The second kappa shape index (κ2) is 23.4. The monoisotopic (exact) mass is 645 g/mol. The predicted octanol–water partition coefficient (Wildman–Crippen LogP) is 8.08. The van der Waals surface area contributed by atoms with E-state index in [1.54, 1.807) is 6.08 Å². The van der Waals surface area contributed by atoms with Gasteiger partial charge in [-0.05, 0) is 99.9 Å². The summed E-state index contributed by atoms with van der Waals surface area (Å²) >= 11 is 0. The minimum absolute atomic E-state index is 0.350. The summed E-state index contributed by atoms with van der Waals surface area (Å²) in [5, 5.41) is 4.97. The number of ether oxygens (including phenoxy) is 3. The van der Waals surface area contributed by atoms with Gasteiger partial charge in [-0.25, -0.2) is 9.59 Å². The van der Waals surface area contributed by atoms with E-state index in [2.05, 4.69) is 18.3 Å². The molecule has 2 aromatic carbocycles. The Bertz CT molecular complexity index is 1120. The molecule has 1 amide bonds. The highest BCUT2D eigenvalue weighted by Crippen LogP contribution is 2.23. The summed E-state index contributed by atoms with van der Waals surface area (Å²) in [7, 11) is -2.69. The zero-order valence-electron chi connectivity index (χ0n) is 27.9. The highest BCUT2D eigenvalue weighted by molar-refractivity contribution is 6.60. The number of amides is 1. The van der Waals surface area contributed by atoms with Crippen LogP contribution in [0, 0.1) is 0 Å². The fraction of sp³-hybridized carbons (Fsp3) is 0.600. The summed E-state index contributed by atoms with van der Waals surface area (Å²) in [6.07, 6.45) is 11.5. The van der Waals surface area contributed by atoms with Gasteiger partial charge in [0.1, 0.15) is 5.75 Å². The number of carbonyl (C=O) groups is 2. The van der Waals surface area contributed by atoms with Crippen LogP contribution in [0.1, 0.15) is 91.0 Å². The van der Waals surface area contributed by atoms with Crippen molar-refractivity contribution >= 4 is 37.7 Å². The van der Waals surface area contributed by atoms with Crippen LogP contribution in [0.15, 0.2) is 42.5 Å². The molecule has 0 aliphatic carbocycles. The van der Waals surface area contributed by atoms with Gasteiger partial charge in [0.2, 0.25) is 0 Å². The summed E-state index contributed by atoms with van der Waals surface area (Å²) in [6, 6.07) is 12.8. The van der Waals surface area contributed by atoms with Crippen LogP contribution in [0.4, 0.5) is 4.79 Å². The van der Waals surface area contributed by atoms with Crippen molar-refractivity contribution in [2.24, 2.45) is 0 Å². The van der Waals surface area contributed by atoms with Crippen molar-refractivity contribution in [3.63, 3.8) is 0 Å². The van der Waals surface area contributed by atoms with Crippen LogP contribution in [0.3, 0.4) is 0 Å². The third-order valence-electron chi connectivity index (χ3n) is 7.05. The van der Waals surface area contributed by atoms with Gasteiger partial charge in [0.15, 0.2) is 0 Å². The van der Waals surface area contributed by atoms with Crippen molar-refractivity contribution in [2.75, 3.05) is 46.2 Å². The summed E-state index contributed by atoms with van der Waals surface area (Å²) in [4.78, 5) is 24.1. The van der Waals surface area contributed by atoms with Crippen molar-refractivity contribution in [3.05, 3.63) is 48.0 Å². The fourth-order valence-electron chi connectivity index (χ4n) is 4.81. The molecule has 45 heavy (non-hydrogen) atoms. The summed E-state index contributed by atoms with van der Waals surface area (Å²) in [5.41, 5.74) is 0.938. The van der Waals surface area contributed by atoms with Gasteiger partial charge in [-0.1, -0.05) is 44.4 Å².